The van der Waals surface area contributed by atoms with Crippen LogP contribution in [0.2, 0.25) is 0 Å². The Kier molecular flexibility index (Phi) is 6.37. The Morgan fingerprint density at radius 3 is 2.63 bits per heavy atom. The zero-order valence-corrected chi connectivity index (χ0v) is 20.7. The maximum atomic E-state index is 14.6. The second-order valence-corrected chi connectivity index (χ2v) is 9.56. The van der Waals surface area contributed by atoms with Gasteiger partial charge in [0.25, 0.3) is 11.8 Å². The number of alkyl halides is 1. The highest BCUT2D eigenvalue weighted by molar-refractivity contribution is 6.07. The molecule has 10 nitrogen and oxygen atoms in total. The number of pyridine rings is 2. The van der Waals surface area contributed by atoms with Crippen LogP contribution in [0.15, 0.2) is 65.7 Å². The maximum Gasteiger partial charge on any atom is 0.277 e. The molecule has 1 atom stereocenters. The predicted molar refractivity (Wildman–Crippen MR) is 138 cm³/mol. The van der Waals surface area contributed by atoms with Gasteiger partial charge in [0.15, 0.2) is 5.69 Å². The minimum Gasteiger partial charge on any atom is -0.444 e. The van der Waals surface area contributed by atoms with Gasteiger partial charge >= 0.3 is 0 Å². The van der Waals surface area contributed by atoms with Crippen LogP contribution < -0.4 is 11.1 Å². The number of nitrogen functional groups attached to an aromatic ring is 1. The van der Waals surface area contributed by atoms with E-state index >= 15 is 0 Å². The number of anilines is 2. The molecule has 1 aromatic carbocycles. The number of nitrogens with two attached hydrogens (primary N) is 1. The summed E-state index contributed by atoms with van der Waals surface area (Å²) in [7, 11) is 0. The molecule has 4 aromatic rings. The fourth-order valence-electron chi connectivity index (χ4n) is 4.14. The van der Waals surface area contributed by atoms with Gasteiger partial charge in [-0.05, 0) is 61.4 Å². The van der Waals surface area contributed by atoms with E-state index in [1.165, 1.54) is 31.2 Å². The number of aliphatic hydroxyl groups is 1. The van der Waals surface area contributed by atoms with E-state index in [4.69, 9.17) is 10.2 Å². The highest BCUT2D eigenvalue weighted by atomic mass is 19.1. The highest BCUT2D eigenvalue weighted by Gasteiger charge is 2.35. The maximum absolute atomic E-state index is 14.6. The summed E-state index contributed by atoms with van der Waals surface area (Å²) in [5.74, 6) is -0.374. The van der Waals surface area contributed by atoms with Gasteiger partial charge < -0.3 is 25.5 Å². The van der Waals surface area contributed by atoms with E-state index in [0.29, 0.717) is 27.9 Å². The zero-order chi connectivity index (χ0) is 27.0. The Morgan fingerprint density at radius 1 is 1.18 bits per heavy atom. The molecule has 3 aromatic heterocycles. The summed E-state index contributed by atoms with van der Waals surface area (Å²) in [5, 5.41) is 12.9. The number of nitrogens with zero attached hydrogens (tertiary/aromatic N) is 4. The standard InChI is InChI=1S/C27H25FN6O4/c1-27(2,37)22(28)13-34-12-17-9-20(18(11-19(17)26(34)36)15-3-6-30-7-4-15)32-24(35)21-14-38-25(33-21)16-5-8-31-23(29)10-16/h3-11,14,22,37H,12-13H2,1-2H3,(H2,29,31)(H,32,35). The van der Waals surface area contributed by atoms with Crippen LogP contribution in [0.5, 0.6) is 0 Å². The number of carbonyl (C=O) groups is 2. The molecule has 4 N–H and O–H groups in total. The number of oxazole rings is 1. The quantitative estimate of drug-likeness (QED) is 0.337. The summed E-state index contributed by atoms with van der Waals surface area (Å²) in [4.78, 5) is 39.8. The van der Waals surface area contributed by atoms with E-state index in [9.17, 15) is 19.1 Å². The zero-order valence-electron chi connectivity index (χ0n) is 20.7. The van der Waals surface area contributed by atoms with Crippen molar-refractivity contribution in [3.8, 4) is 22.6 Å². The van der Waals surface area contributed by atoms with Gasteiger partial charge in [-0.2, -0.15) is 0 Å². The predicted octanol–water partition coefficient (Wildman–Crippen LogP) is 3.70. The molecule has 1 aliphatic heterocycles. The van der Waals surface area contributed by atoms with Crippen molar-refractivity contribution in [2.75, 3.05) is 17.6 Å². The first kappa shape index (κ1) is 25.0. The van der Waals surface area contributed by atoms with Crippen molar-refractivity contribution in [1.82, 2.24) is 19.9 Å². The van der Waals surface area contributed by atoms with E-state index < -0.39 is 17.7 Å². The monoisotopic (exact) mass is 516 g/mol. The number of carbonyl (C=O) groups excluding carboxylic acids is 2. The third-order valence-electron chi connectivity index (χ3n) is 6.27. The van der Waals surface area contributed by atoms with Gasteiger partial charge in [-0.1, -0.05) is 0 Å². The summed E-state index contributed by atoms with van der Waals surface area (Å²) in [6, 6.07) is 10.1. The van der Waals surface area contributed by atoms with Crippen LogP contribution in [0.3, 0.4) is 0 Å². The number of fused-ring (bicyclic) bond motifs is 1. The first-order chi connectivity index (χ1) is 18.1. The molecule has 0 radical (unpaired) electrons. The van der Waals surface area contributed by atoms with Crippen LogP contribution in [-0.2, 0) is 6.54 Å². The smallest absolute Gasteiger partial charge is 0.277 e. The molecular formula is C27H25FN6O4. The molecule has 0 saturated heterocycles. The molecule has 0 fully saturated rings. The van der Waals surface area contributed by atoms with E-state index in [-0.39, 0.29) is 36.4 Å². The second kappa shape index (κ2) is 9.67. The van der Waals surface area contributed by atoms with Crippen LogP contribution in [0.1, 0.15) is 40.3 Å². The molecule has 11 heteroatoms. The molecule has 0 spiro atoms. The summed E-state index contributed by atoms with van der Waals surface area (Å²) >= 11 is 0. The molecule has 1 aliphatic rings. The molecular weight excluding hydrogens is 491 g/mol. The first-order valence-corrected chi connectivity index (χ1v) is 11.8. The largest absolute Gasteiger partial charge is 0.444 e. The topological polar surface area (TPSA) is 147 Å². The average molecular weight is 517 g/mol. The number of rotatable bonds is 7. The van der Waals surface area contributed by atoms with E-state index in [1.807, 2.05) is 0 Å². The van der Waals surface area contributed by atoms with Crippen LogP contribution in [0.4, 0.5) is 15.9 Å². The summed E-state index contributed by atoms with van der Waals surface area (Å²) in [6.07, 6.45) is 4.33. The minimum atomic E-state index is -1.63. The van der Waals surface area contributed by atoms with Gasteiger partial charge in [-0.25, -0.2) is 14.4 Å². The molecule has 0 saturated carbocycles. The number of hydrogen-bond acceptors (Lipinski definition) is 8. The van der Waals surface area contributed by atoms with Gasteiger partial charge in [-0.15, -0.1) is 0 Å². The second-order valence-electron chi connectivity index (χ2n) is 9.56. The van der Waals surface area contributed by atoms with E-state index in [1.54, 1.807) is 48.8 Å². The summed E-state index contributed by atoms with van der Waals surface area (Å²) in [5.41, 5.74) is 7.51. The fourth-order valence-corrected chi connectivity index (χ4v) is 4.14. The average Bonchev–Trinajstić information content (AvgIpc) is 3.49. The van der Waals surface area contributed by atoms with Gasteiger partial charge in [0.05, 0.1) is 12.1 Å². The minimum absolute atomic E-state index is 0.0414. The van der Waals surface area contributed by atoms with Gasteiger partial charge in [0.2, 0.25) is 5.89 Å². The number of nitrogens with one attached hydrogen (secondary N) is 1. The van der Waals surface area contributed by atoms with Crippen molar-refractivity contribution >= 4 is 23.3 Å². The highest BCUT2D eigenvalue weighted by Crippen LogP contribution is 2.36. The molecule has 38 heavy (non-hydrogen) atoms. The molecule has 2 amide bonds. The van der Waals surface area contributed by atoms with Crippen molar-refractivity contribution in [2.45, 2.75) is 32.2 Å². The molecule has 0 aliphatic carbocycles. The molecule has 0 bridgehead atoms. The third-order valence-corrected chi connectivity index (χ3v) is 6.27. The van der Waals surface area contributed by atoms with Gasteiger partial charge in [0, 0.05) is 47.5 Å². The Hall–Kier alpha value is -4.64. The summed E-state index contributed by atoms with van der Waals surface area (Å²) in [6.45, 7) is 2.60. The van der Waals surface area contributed by atoms with Crippen LogP contribution in [0.25, 0.3) is 22.6 Å². The number of aromatic nitrogens is 3. The number of amides is 2. The van der Waals surface area contributed by atoms with E-state index in [0.717, 1.165) is 5.56 Å². The van der Waals surface area contributed by atoms with Crippen molar-refractivity contribution in [1.29, 1.82) is 0 Å². The first-order valence-electron chi connectivity index (χ1n) is 11.8. The Labute approximate surface area is 217 Å². The lowest BCUT2D eigenvalue weighted by Gasteiger charge is -2.26. The molecule has 5 rings (SSSR count). The van der Waals surface area contributed by atoms with Crippen molar-refractivity contribution in [3.63, 3.8) is 0 Å². The van der Waals surface area contributed by atoms with Crippen LogP contribution in [-0.4, -0.2) is 55.1 Å². The number of halogens is 1. The van der Waals surface area contributed by atoms with Crippen LogP contribution in [0, 0.1) is 0 Å². The molecule has 1 unspecified atom stereocenters. The molecule has 4 heterocycles. The van der Waals surface area contributed by atoms with E-state index in [2.05, 4.69) is 20.3 Å². The lowest BCUT2D eigenvalue weighted by atomic mass is 9.98. The van der Waals surface area contributed by atoms with Crippen molar-refractivity contribution in [3.05, 3.63) is 78.1 Å². The van der Waals surface area contributed by atoms with Gasteiger partial charge in [0.1, 0.15) is 18.3 Å². The Bertz CT molecular complexity index is 1520. The fraction of sp³-hybridized carbons (Fsp3) is 0.222. The van der Waals surface area contributed by atoms with Gasteiger partial charge in [-0.3, -0.25) is 14.6 Å². The third kappa shape index (κ3) is 4.96. The number of hydrogen-bond donors (Lipinski definition) is 3. The van der Waals surface area contributed by atoms with Crippen molar-refractivity contribution < 1.29 is 23.5 Å². The number of benzene rings is 1. The summed E-state index contributed by atoms with van der Waals surface area (Å²) < 4.78 is 20.0. The Balaban J connectivity index is 1.46. The lowest BCUT2D eigenvalue weighted by molar-refractivity contribution is -0.0159. The lowest BCUT2D eigenvalue weighted by Crippen LogP contribution is -2.42. The normalized spacial score (nSPS) is 13.9. The van der Waals surface area contributed by atoms with Crippen molar-refractivity contribution in [2.24, 2.45) is 0 Å². The molecule has 194 valence electrons. The SMILES string of the molecule is CC(C)(O)C(F)CN1Cc2cc(NC(=O)c3coc(-c4ccnc(N)c4)n3)c(-c3ccncc3)cc2C1=O. The van der Waals surface area contributed by atoms with Crippen LogP contribution >= 0.6 is 0 Å². The Morgan fingerprint density at radius 2 is 1.92 bits per heavy atom.